The molecule has 1 saturated heterocycles. The molecule has 1 aliphatic heterocycles. The lowest BCUT2D eigenvalue weighted by Crippen LogP contribution is -2.39. The number of hydrogen-bond acceptors (Lipinski definition) is 3. The summed E-state index contributed by atoms with van der Waals surface area (Å²) >= 11 is 9.04. The van der Waals surface area contributed by atoms with E-state index in [9.17, 15) is 0 Å². The van der Waals surface area contributed by atoms with Gasteiger partial charge in [-0.15, -0.1) is 11.3 Å². The number of halogens is 2. The highest BCUT2D eigenvalue weighted by Gasteiger charge is 2.31. The SMILES string of the molecule is CNCC1CCCN(C)C1c1cc(Br)c(Br)s1. The Kier molecular flexibility index (Phi) is 5.06. The number of nitrogens with zero attached hydrogens (tertiary/aromatic N) is 1. The number of rotatable bonds is 3. The van der Waals surface area contributed by atoms with E-state index in [0.717, 1.165) is 12.5 Å². The smallest absolute Gasteiger partial charge is 0.0843 e. The van der Waals surface area contributed by atoms with Crippen molar-refractivity contribution in [2.24, 2.45) is 5.92 Å². The summed E-state index contributed by atoms with van der Waals surface area (Å²) in [5.74, 6) is 0.719. The number of nitrogens with one attached hydrogen (secondary N) is 1. The Morgan fingerprint density at radius 3 is 2.88 bits per heavy atom. The summed E-state index contributed by atoms with van der Waals surface area (Å²) in [4.78, 5) is 3.96. The minimum absolute atomic E-state index is 0.559. The van der Waals surface area contributed by atoms with E-state index < -0.39 is 0 Å². The Hall–Kier alpha value is 0.580. The monoisotopic (exact) mass is 380 g/mol. The number of thiophene rings is 1. The highest BCUT2D eigenvalue weighted by Crippen LogP contribution is 2.42. The van der Waals surface area contributed by atoms with Crippen LogP contribution >= 0.6 is 43.2 Å². The lowest BCUT2D eigenvalue weighted by atomic mass is 9.88. The third kappa shape index (κ3) is 3.13. The van der Waals surface area contributed by atoms with Gasteiger partial charge in [0.15, 0.2) is 0 Å². The van der Waals surface area contributed by atoms with Crippen molar-refractivity contribution in [3.8, 4) is 0 Å². The largest absolute Gasteiger partial charge is 0.319 e. The molecule has 1 N–H and O–H groups in total. The van der Waals surface area contributed by atoms with Gasteiger partial charge in [0.25, 0.3) is 0 Å². The highest BCUT2D eigenvalue weighted by molar-refractivity contribution is 9.13. The normalized spacial score (nSPS) is 26.4. The average molecular weight is 382 g/mol. The van der Waals surface area contributed by atoms with Crippen molar-refractivity contribution in [1.29, 1.82) is 0 Å². The molecule has 0 saturated carbocycles. The van der Waals surface area contributed by atoms with Gasteiger partial charge in [0.1, 0.15) is 0 Å². The summed E-state index contributed by atoms with van der Waals surface area (Å²) in [6.07, 6.45) is 2.63. The molecule has 1 aromatic rings. The van der Waals surface area contributed by atoms with Gasteiger partial charge < -0.3 is 5.32 Å². The Labute approximate surface area is 124 Å². The predicted octanol–water partition coefficient (Wildman–Crippen LogP) is 3.88. The van der Waals surface area contributed by atoms with Crippen molar-refractivity contribution in [3.05, 3.63) is 19.2 Å². The standard InChI is InChI=1S/C12H18Br2N2S/c1-15-7-8-4-3-5-16(2)11(8)10-6-9(13)12(14)17-10/h6,8,11,15H,3-5,7H2,1-2H3. The number of piperidine rings is 1. The Morgan fingerprint density at radius 2 is 2.29 bits per heavy atom. The first-order chi connectivity index (χ1) is 8.13. The summed E-state index contributed by atoms with van der Waals surface area (Å²) in [6, 6.07) is 2.83. The first kappa shape index (κ1) is 14.0. The minimum atomic E-state index is 0.559. The summed E-state index contributed by atoms with van der Waals surface area (Å²) < 4.78 is 2.38. The average Bonchev–Trinajstić information content (AvgIpc) is 2.59. The van der Waals surface area contributed by atoms with Gasteiger partial charge in [-0.2, -0.15) is 0 Å². The van der Waals surface area contributed by atoms with Crippen LogP contribution in [0, 0.1) is 5.92 Å². The molecule has 0 amide bonds. The lowest BCUT2D eigenvalue weighted by molar-refractivity contribution is 0.123. The van der Waals surface area contributed by atoms with Gasteiger partial charge in [0, 0.05) is 15.4 Å². The molecule has 0 aliphatic carbocycles. The fraction of sp³-hybridized carbons (Fsp3) is 0.667. The summed E-state index contributed by atoms with van der Waals surface area (Å²) in [5, 5.41) is 3.33. The zero-order valence-corrected chi connectivity index (χ0v) is 14.2. The van der Waals surface area contributed by atoms with Crippen molar-refractivity contribution < 1.29 is 0 Å². The third-order valence-electron chi connectivity index (χ3n) is 3.43. The molecule has 0 radical (unpaired) electrons. The topological polar surface area (TPSA) is 15.3 Å². The van der Waals surface area contributed by atoms with E-state index in [0.29, 0.717) is 6.04 Å². The van der Waals surface area contributed by atoms with Gasteiger partial charge in [0.05, 0.1) is 3.79 Å². The molecule has 2 heterocycles. The molecule has 2 rings (SSSR count). The predicted molar refractivity (Wildman–Crippen MR) is 81.7 cm³/mol. The molecule has 0 aromatic carbocycles. The number of likely N-dealkylation sites (tertiary alicyclic amines) is 1. The quantitative estimate of drug-likeness (QED) is 0.854. The summed E-state index contributed by atoms with van der Waals surface area (Å²) in [7, 11) is 4.29. The second-order valence-electron chi connectivity index (χ2n) is 4.66. The maximum atomic E-state index is 3.60. The van der Waals surface area contributed by atoms with Crippen LogP contribution in [0.1, 0.15) is 23.8 Å². The van der Waals surface area contributed by atoms with Crippen molar-refractivity contribution in [1.82, 2.24) is 10.2 Å². The number of hydrogen-bond donors (Lipinski definition) is 1. The molecule has 96 valence electrons. The first-order valence-electron chi connectivity index (χ1n) is 5.93. The van der Waals surface area contributed by atoms with Gasteiger partial charge in [-0.3, -0.25) is 4.90 Å². The molecule has 5 heteroatoms. The van der Waals surface area contributed by atoms with Crippen LogP contribution in [0.5, 0.6) is 0 Å². The van der Waals surface area contributed by atoms with Gasteiger partial charge in [-0.05, 0) is 83.9 Å². The van der Waals surface area contributed by atoms with Crippen LogP contribution < -0.4 is 5.32 Å². The van der Waals surface area contributed by atoms with E-state index in [1.807, 2.05) is 18.4 Å². The van der Waals surface area contributed by atoms with Gasteiger partial charge >= 0.3 is 0 Å². The zero-order valence-electron chi connectivity index (χ0n) is 10.2. The van der Waals surface area contributed by atoms with Crippen LogP contribution in [0.3, 0.4) is 0 Å². The van der Waals surface area contributed by atoms with Gasteiger partial charge in [-0.1, -0.05) is 0 Å². The molecule has 17 heavy (non-hydrogen) atoms. The summed E-state index contributed by atoms with van der Waals surface area (Å²) in [6.45, 7) is 2.31. The van der Waals surface area contributed by atoms with E-state index in [2.05, 4.69) is 55.2 Å². The highest BCUT2D eigenvalue weighted by atomic mass is 79.9. The van der Waals surface area contributed by atoms with Gasteiger partial charge in [-0.25, -0.2) is 0 Å². The van der Waals surface area contributed by atoms with Crippen LogP contribution in [-0.2, 0) is 0 Å². The van der Waals surface area contributed by atoms with Crippen LogP contribution in [0.4, 0.5) is 0 Å². The van der Waals surface area contributed by atoms with Crippen molar-refractivity contribution in [2.45, 2.75) is 18.9 Å². The van der Waals surface area contributed by atoms with Crippen LogP contribution in [0.2, 0.25) is 0 Å². The minimum Gasteiger partial charge on any atom is -0.319 e. The molecule has 2 unspecified atom stereocenters. The zero-order chi connectivity index (χ0) is 12.4. The van der Waals surface area contributed by atoms with Gasteiger partial charge in [0.2, 0.25) is 0 Å². The van der Waals surface area contributed by atoms with Crippen LogP contribution in [0.25, 0.3) is 0 Å². The van der Waals surface area contributed by atoms with E-state index in [1.165, 1.54) is 32.5 Å². The van der Waals surface area contributed by atoms with E-state index in [4.69, 9.17) is 0 Å². The maximum absolute atomic E-state index is 3.60. The molecule has 1 aliphatic rings. The van der Waals surface area contributed by atoms with Crippen molar-refractivity contribution in [3.63, 3.8) is 0 Å². The Balaban J connectivity index is 2.24. The molecular formula is C12H18Br2N2S. The first-order valence-corrected chi connectivity index (χ1v) is 8.33. The third-order valence-corrected chi connectivity index (χ3v) is 6.76. The Bertz CT molecular complexity index is 359. The molecule has 1 fully saturated rings. The Morgan fingerprint density at radius 1 is 1.53 bits per heavy atom. The van der Waals surface area contributed by atoms with E-state index in [-0.39, 0.29) is 0 Å². The molecule has 1 aromatic heterocycles. The summed E-state index contributed by atoms with van der Waals surface area (Å²) in [5.41, 5.74) is 0. The van der Waals surface area contributed by atoms with Crippen molar-refractivity contribution >= 4 is 43.2 Å². The fourth-order valence-corrected chi connectivity index (χ4v) is 5.04. The van der Waals surface area contributed by atoms with E-state index in [1.54, 1.807) is 0 Å². The second-order valence-corrected chi connectivity index (χ2v) is 7.91. The molecule has 2 atom stereocenters. The lowest BCUT2D eigenvalue weighted by Gasteiger charge is -2.38. The van der Waals surface area contributed by atoms with Crippen LogP contribution in [0.15, 0.2) is 14.3 Å². The molecule has 2 nitrogen and oxygen atoms in total. The fourth-order valence-electron chi connectivity index (χ4n) is 2.69. The molecule has 0 bridgehead atoms. The molecule has 0 spiro atoms. The van der Waals surface area contributed by atoms with Crippen molar-refractivity contribution in [2.75, 3.05) is 27.2 Å². The maximum Gasteiger partial charge on any atom is 0.0843 e. The molecular weight excluding hydrogens is 364 g/mol. The van der Waals surface area contributed by atoms with Crippen LogP contribution in [-0.4, -0.2) is 32.1 Å². The van der Waals surface area contributed by atoms with E-state index >= 15 is 0 Å². The second kappa shape index (κ2) is 6.15.